The zero-order valence-electron chi connectivity index (χ0n) is 10.7. The topological polar surface area (TPSA) is 77.5 Å². The van der Waals surface area contributed by atoms with Crippen LogP contribution in [0.4, 0.5) is 0 Å². The van der Waals surface area contributed by atoms with Gasteiger partial charge in [-0.1, -0.05) is 6.92 Å². The van der Waals surface area contributed by atoms with Crippen molar-refractivity contribution in [3.63, 3.8) is 0 Å². The molecule has 1 fully saturated rings. The third kappa shape index (κ3) is 3.24. The number of ketones is 3. The van der Waals surface area contributed by atoms with Crippen molar-refractivity contribution in [2.24, 2.45) is 11.8 Å². The van der Waals surface area contributed by atoms with E-state index in [-0.39, 0.29) is 31.7 Å². The van der Waals surface area contributed by atoms with Crippen LogP contribution in [0.25, 0.3) is 0 Å². The highest BCUT2D eigenvalue weighted by Gasteiger charge is 2.42. The molecule has 0 spiro atoms. The minimum atomic E-state index is -1.14. The van der Waals surface area contributed by atoms with Gasteiger partial charge < -0.3 is 4.74 Å². The molecule has 0 heterocycles. The molecule has 1 rings (SSSR count). The fraction of sp³-hybridized carbons (Fsp3) is 0.692. The Labute approximate surface area is 106 Å². The number of hydrogen-bond donors (Lipinski definition) is 0. The van der Waals surface area contributed by atoms with Gasteiger partial charge in [0.05, 0.1) is 12.5 Å². The van der Waals surface area contributed by atoms with Crippen LogP contribution in [0, 0.1) is 11.8 Å². The third-order valence-corrected chi connectivity index (χ3v) is 2.98. The summed E-state index contributed by atoms with van der Waals surface area (Å²) in [6.45, 7) is 3.70. The summed E-state index contributed by atoms with van der Waals surface area (Å²) in [7, 11) is 0. The van der Waals surface area contributed by atoms with Crippen LogP contribution < -0.4 is 0 Å². The predicted molar refractivity (Wildman–Crippen MR) is 62.8 cm³/mol. The second-order valence-corrected chi connectivity index (χ2v) is 4.44. The first-order valence-corrected chi connectivity index (χ1v) is 6.26. The van der Waals surface area contributed by atoms with Gasteiger partial charge in [0.1, 0.15) is 5.92 Å². The van der Waals surface area contributed by atoms with Crippen LogP contribution in [0.5, 0.6) is 0 Å². The molecule has 0 aromatic rings. The minimum absolute atomic E-state index is 0.0648. The van der Waals surface area contributed by atoms with Crippen molar-refractivity contribution in [2.45, 2.75) is 39.5 Å². The Morgan fingerprint density at radius 1 is 1.17 bits per heavy atom. The van der Waals surface area contributed by atoms with E-state index in [1.54, 1.807) is 6.92 Å². The predicted octanol–water partition coefficient (Wildman–Crippen LogP) is 1.08. The fourth-order valence-corrected chi connectivity index (χ4v) is 2.15. The lowest BCUT2D eigenvalue weighted by molar-refractivity contribution is -0.156. The first-order valence-electron chi connectivity index (χ1n) is 6.26. The van der Waals surface area contributed by atoms with E-state index in [4.69, 9.17) is 4.74 Å². The molecule has 5 nitrogen and oxygen atoms in total. The van der Waals surface area contributed by atoms with E-state index >= 15 is 0 Å². The number of esters is 1. The number of carbonyl (C=O) groups is 4. The van der Waals surface area contributed by atoms with Gasteiger partial charge in [-0.25, -0.2) is 0 Å². The van der Waals surface area contributed by atoms with Gasteiger partial charge in [-0.3, -0.25) is 19.2 Å². The van der Waals surface area contributed by atoms with Gasteiger partial charge in [-0.15, -0.1) is 0 Å². The minimum Gasteiger partial charge on any atom is -0.466 e. The van der Waals surface area contributed by atoms with Crippen LogP contribution in [-0.2, 0) is 23.9 Å². The van der Waals surface area contributed by atoms with Crippen LogP contribution in [0.2, 0.25) is 0 Å². The van der Waals surface area contributed by atoms with Crippen molar-refractivity contribution < 1.29 is 23.9 Å². The number of Topliss-reactive ketones (excluding diaryl/α,β-unsaturated/α-hetero) is 3. The molecule has 0 unspecified atom stereocenters. The molecular formula is C13H18O5. The lowest BCUT2D eigenvalue weighted by Crippen LogP contribution is -2.41. The maximum atomic E-state index is 11.8. The second-order valence-electron chi connectivity index (χ2n) is 4.44. The van der Waals surface area contributed by atoms with Gasteiger partial charge in [0, 0.05) is 19.3 Å². The third-order valence-electron chi connectivity index (χ3n) is 2.98. The van der Waals surface area contributed by atoms with Crippen LogP contribution in [-0.4, -0.2) is 29.9 Å². The van der Waals surface area contributed by atoms with E-state index in [1.807, 2.05) is 6.92 Å². The summed E-state index contributed by atoms with van der Waals surface area (Å²) >= 11 is 0. The summed E-state index contributed by atoms with van der Waals surface area (Å²) < 4.78 is 4.79. The molecule has 0 aliphatic heterocycles. The van der Waals surface area contributed by atoms with E-state index in [9.17, 15) is 19.2 Å². The molecule has 0 amide bonds. The van der Waals surface area contributed by atoms with E-state index in [0.717, 1.165) is 0 Å². The summed E-state index contributed by atoms with van der Waals surface area (Å²) in [6, 6.07) is 0. The lowest BCUT2D eigenvalue weighted by Gasteiger charge is -2.24. The Kier molecular flexibility index (Phi) is 5.19. The number of ether oxygens (including phenoxy) is 1. The molecule has 1 aliphatic rings. The lowest BCUT2D eigenvalue weighted by atomic mass is 9.77. The van der Waals surface area contributed by atoms with Crippen molar-refractivity contribution >= 4 is 23.3 Å². The van der Waals surface area contributed by atoms with Crippen molar-refractivity contribution in [3.05, 3.63) is 0 Å². The molecule has 0 radical (unpaired) electrons. The molecule has 0 N–H and O–H groups in total. The Morgan fingerprint density at radius 3 is 2.17 bits per heavy atom. The average Bonchev–Trinajstić information content (AvgIpc) is 2.28. The van der Waals surface area contributed by atoms with Crippen LogP contribution in [0.15, 0.2) is 0 Å². The summed E-state index contributed by atoms with van der Waals surface area (Å²) in [4.78, 5) is 46.7. The van der Waals surface area contributed by atoms with Gasteiger partial charge in [0.15, 0.2) is 17.3 Å². The normalized spacial score (nSPS) is 23.9. The number of carbonyl (C=O) groups excluding carboxylic acids is 4. The highest BCUT2D eigenvalue weighted by atomic mass is 16.5. The van der Waals surface area contributed by atoms with Crippen molar-refractivity contribution in [1.82, 2.24) is 0 Å². The van der Waals surface area contributed by atoms with Crippen molar-refractivity contribution in [2.75, 3.05) is 6.61 Å². The SMILES string of the molecule is CCCC(=O)C1C(=O)CC(C(=O)OCC)CC1=O. The van der Waals surface area contributed by atoms with Crippen molar-refractivity contribution in [3.8, 4) is 0 Å². The summed E-state index contributed by atoms with van der Waals surface area (Å²) in [5.74, 6) is -3.59. The molecule has 0 saturated heterocycles. The first kappa shape index (κ1) is 14.5. The molecule has 18 heavy (non-hydrogen) atoms. The Morgan fingerprint density at radius 2 is 1.72 bits per heavy atom. The molecule has 0 bridgehead atoms. The highest BCUT2D eigenvalue weighted by molar-refractivity contribution is 6.21. The van der Waals surface area contributed by atoms with Crippen LogP contribution in [0.1, 0.15) is 39.5 Å². The van der Waals surface area contributed by atoms with E-state index in [0.29, 0.717) is 6.42 Å². The Balaban J connectivity index is 2.71. The molecule has 1 aliphatic carbocycles. The maximum Gasteiger partial charge on any atom is 0.309 e. The summed E-state index contributed by atoms with van der Waals surface area (Å²) in [6.07, 6.45) is 0.707. The molecule has 0 atom stereocenters. The van der Waals surface area contributed by atoms with Gasteiger partial charge in [-0.2, -0.15) is 0 Å². The zero-order valence-corrected chi connectivity index (χ0v) is 10.7. The van der Waals surface area contributed by atoms with Gasteiger partial charge in [0.2, 0.25) is 0 Å². The Hall–Kier alpha value is -1.52. The quantitative estimate of drug-likeness (QED) is 0.542. The number of hydrogen-bond acceptors (Lipinski definition) is 5. The van der Waals surface area contributed by atoms with Crippen LogP contribution >= 0.6 is 0 Å². The van der Waals surface area contributed by atoms with Crippen molar-refractivity contribution in [1.29, 1.82) is 0 Å². The van der Waals surface area contributed by atoms with E-state index in [2.05, 4.69) is 0 Å². The number of rotatable bonds is 5. The summed E-state index contributed by atoms with van der Waals surface area (Å²) in [5, 5.41) is 0. The molecule has 100 valence electrons. The summed E-state index contributed by atoms with van der Waals surface area (Å²) in [5.41, 5.74) is 0. The molecule has 1 saturated carbocycles. The van der Waals surface area contributed by atoms with Gasteiger partial charge in [-0.05, 0) is 13.3 Å². The molecule has 5 heteroatoms. The second kappa shape index (κ2) is 6.42. The monoisotopic (exact) mass is 254 g/mol. The molecule has 0 aromatic carbocycles. The smallest absolute Gasteiger partial charge is 0.309 e. The maximum absolute atomic E-state index is 11.8. The van der Waals surface area contributed by atoms with Gasteiger partial charge in [0.25, 0.3) is 0 Å². The largest absolute Gasteiger partial charge is 0.466 e. The molecular weight excluding hydrogens is 236 g/mol. The fourth-order valence-electron chi connectivity index (χ4n) is 2.15. The average molecular weight is 254 g/mol. The zero-order chi connectivity index (χ0) is 13.7. The first-order chi connectivity index (χ1) is 8.51. The van der Waals surface area contributed by atoms with Gasteiger partial charge >= 0.3 is 5.97 Å². The Bertz CT molecular complexity index is 354. The van der Waals surface area contributed by atoms with E-state index in [1.165, 1.54) is 0 Å². The van der Waals surface area contributed by atoms with E-state index < -0.39 is 29.4 Å². The molecule has 0 aromatic heterocycles. The standard InChI is InChI=1S/C13H18O5/c1-3-5-9(14)12-10(15)6-8(7-11(12)16)13(17)18-4-2/h8,12H,3-7H2,1-2H3. The van der Waals surface area contributed by atoms with Crippen LogP contribution in [0.3, 0.4) is 0 Å². The highest BCUT2D eigenvalue weighted by Crippen LogP contribution is 2.26.